The minimum absolute atomic E-state index is 0.0567. The molecule has 1 aliphatic rings. The monoisotopic (exact) mass is 336 g/mol. The molecule has 5 nitrogen and oxygen atoms in total. The van der Waals surface area contributed by atoms with Crippen LogP contribution in [0.3, 0.4) is 0 Å². The molecule has 1 aliphatic heterocycles. The summed E-state index contributed by atoms with van der Waals surface area (Å²) in [4.78, 5) is 16.8. The number of carbonyl (C=O) groups is 1. The second-order valence-corrected chi connectivity index (χ2v) is 6.53. The SMILES string of the molecule is CC(C)c1nc2n(n1)CC(NC(=O)c1cc(F)cc(Cl)c1)CC2. The zero-order valence-corrected chi connectivity index (χ0v) is 13.8. The lowest BCUT2D eigenvalue weighted by Gasteiger charge is -2.23. The number of nitrogens with one attached hydrogen (secondary N) is 1. The summed E-state index contributed by atoms with van der Waals surface area (Å²) < 4.78 is 15.2. The molecule has 1 amide bonds. The molecule has 2 aromatic rings. The van der Waals surface area contributed by atoms with Crippen molar-refractivity contribution in [1.82, 2.24) is 20.1 Å². The summed E-state index contributed by atoms with van der Waals surface area (Å²) in [5.74, 6) is 1.20. The first-order valence-electron chi connectivity index (χ1n) is 7.63. The zero-order chi connectivity index (χ0) is 16.6. The molecule has 1 aromatic heterocycles. The Morgan fingerprint density at radius 1 is 1.43 bits per heavy atom. The molecule has 2 heterocycles. The van der Waals surface area contributed by atoms with E-state index in [1.54, 1.807) is 0 Å². The molecule has 23 heavy (non-hydrogen) atoms. The third kappa shape index (κ3) is 3.52. The van der Waals surface area contributed by atoms with Gasteiger partial charge in [0.25, 0.3) is 5.91 Å². The van der Waals surface area contributed by atoms with Crippen LogP contribution >= 0.6 is 11.6 Å². The van der Waals surface area contributed by atoms with Crippen LogP contribution in [0.15, 0.2) is 18.2 Å². The van der Waals surface area contributed by atoms with E-state index in [0.29, 0.717) is 6.54 Å². The van der Waals surface area contributed by atoms with Crippen molar-refractivity contribution in [2.45, 2.75) is 45.2 Å². The van der Waals surface area contributed by atoms with Crippen LogP contribution in [-0.2, 0) is 13.0 Å². The van der Waals surface area contributed by atoms with Crippen LogP contribution in [0.5, 0.6) is 0 Å². The van der Waals surface area contributed by atoms with E-state index in [0.717, 1.165) is 24.5 Å². The quantitative estimate of drug-likeness (QED) is 0.937. The van der Waals surface area contributed by atoms with Gasteiger partial charge in [-0.3, -0.25) is 4.79 Å². The molecule has 0 spiro atoms. The Labute approximate surface area is 138 Å². The number of nitrogens with zero attached hydrogens (tertiary/aromatic N) is 3. The van der Waals surface area contributed by atoms with Crippen molar-refractivity contribution in [3.05, 3.63) is 46.3 Å². The number of fused-ring (bicyclic) bond motifs is 1. The maximum absolute atomic E-state index is 13.4. The second-order valence-electron chi connectivity index (χ2n) is 6.09. The van der Waals surface area contributed by atoms with E-state index < -0.39 is 5.82 Å². The molecule has 1 aromatic carbocycles. The van der Waals surface area contributed by atoms with Gasteiger partial charge in [-0.05, 0) is 24.6 Å². The Balaban J connectivity index is 1.70. The van der Waals surface area contributed by atoms with Gasteiger partial charge in [0.2, 0.25) is 0 Å². The van der Waals surface area contributed by atoms with E-state index in [1.165, 1.54) is 18.2 Å². The highest BCUT2D eigenvalue weighted by Crippen LogP contribution is 2.18. The zero-order valence-electron chi connectivity index (χ0n) is 13.0. The number of halogens is 2. The highest BCUT2D eigenvalue weighted by atomic mass is 35.5. The summed E-state index contributed by atoms with van der Waals surface area (Å²) in [6.45, 7) is 4.67. The van der Waals surface area contributed by atoms with Crippen LogP contribution in [0.2, 0.25) is 5.02 Å². The van der Waals surface area contributed by atoms with E-state index in [4.69, 9.17) is 11.6 Å². The normalized spacial score (nSPS) is 17.2. The average molecular weight is 337 g/mol. The number of amides is 1. The number of carbonyl (C=O) groups excluding carboxylic acids is 1. The Bertz CT molecular complexity index is 723. The molecule has 0 bridgehead atoms. The van der Waals surface area contributed by atoms with Gasteiger partial charge in [0.05, 0.1) is 6.54 Å². The molecular formula is C16H18ClFN4O. The van der Waals surface area contributed by atoms with E-state index in [2.05, 4.69) is 15.4 Å². The Kier molecular flexibility index (Phi) is 4.35. The summed E-state index contributed by atoms with van der Waals surface area (Å²) in [6.07, 6.45) is 1.54. The smallest absolute Gasteiger partial charge is 0.251 e. The van der Waals surface area contributed by atoms with Gasteiger partial charge in [0.1, 0.15) is 11.6 Å². The average Bonchev–Trinajstić information content (AvgIpc) is 2.89. The number of benzene rings is 1. The van der Waals surface area contributed by atoms with Crippen LogP contribution in [0, 0.1) is 5.82 Å². The molecule has 0 saturated carbocycles. The molecule has 7 heteroatoms. The number of hydrogen-bond donors (Lipinski definition) is 1. The lowest BCUT2D eigenvalue weighted by molar-refractivity contribution is 0.0925. The first-order chi connectivity index (χ1) is 10.9. The van der Waals surface area contributed by atoms with E-state index in [9.17, 15) is 9.18 Å². The Morgan fingerprint density at radius 3 is 2.91 bits per heavy atom. The first kappa shape index (κ1) is 15.9. The maximum Gasteiger partial charge on any atom is 0.251 e. The van der Waals surface area contributed by atoms with Crippen LogP contribution in [-0.4, -0.2) is 26.7 Å². The summed E-state index contributed by atoms with van der Waals surface area (Å²) in [5.41, 5.74) is 0.224. The van der Waals surface area contributed by atoms with Crippen molar-refractivity contribution in [2.75, 3.05) is 0 Å². The lowest BCUT2D eigenvalue weighted by atomic mass is 10.1. The van der Waals surface area contributed by atoms with Crippen molar-refractivity contribution in [2.24, 2.45) is 0 Å². The largest absolute Gasteiger partial charge is 0.347 e. The van der Waals surface area contributed by atoms with Crippen LogP contribution in [0.4, 0.5) is 4.39 Å². The summed E-state index contributed by atoms with van der Waals surface area (Å²) in [5, 5.41) is 7.61. The number of aryl methyl sites for hydroxylation is 1. The van der Waals surface area contributed by atoms with E-state index >= 15 is 0 Å². The molecule has 3 rings (SSSR count). The molecule has 0 fully saturated rings. The minimum Gasteiger partial charge on any atom is -0.347 e. The predicted octanol–water partition coefficient (Wildman–Crippen LogP) is 2.94. The van der Waals surface area contributed by atoms with E-state index in [-0.39, 0.29) is 28.5 Å². The molecular weight excluding hydrogens is 319 g/mol. The molecule has 1 unspecified atom stereocenters. The van der Waals surface area contributed by atoms with Crippen molar-refractivity contribution in [1.29, 1.82) is 0 Å². The van der Waals surface area contributed by atoms with Gasteiger partial charge in [-0.25, -0.2) is 14.1 Å². The Hall–Kier alpha value is -1.95. The highest BCUT2D eigenvalue weighted by Gasteiger charge is 2.24. The van der Waals surface area contributed by atoms with Crippen LogP contribution < -0.4 is 5.32 Å². The third-order valence-electron chi connectivity index (χ3n) is 3.85. The number of rotatable bonds is 3. The minimum atomic E-state index is -0.522. The van der Waals surface area contributed by atoms with Gasteiger partial charge in [-0.2, -0.15) is 5.10 Å². The first-order valence-corrected chi connectivity index (χ1v) is 8.00. The van der Waals surface area contributed by atoms with Gasteiger partial charge in [-0.1, -0.05) is 25.4 Å². The standard InChI is InChI=1S/C16H18ClFN4O/c1-9(2)15-20-14-4-3-13(8-22(14)21-15)19-16(23)10-5-11(17)7-12(18)6-10/h5-7,9,13H,3-4,8H2,1-2H3,(H,19,23). The Morgan fingerprint density at radius 2 is 2.22 bits per heavy atom. The number of hydrogen-bond acceptors (Lipinski definition) is 3. The molecule has 0 aliphatic carbocycles. The fraction of sp³-hybridized carbons (Fsp3) is 0.438. The molecule has 0 saturated heterocycles. The van der Waals surface area contributed by atoms with Gasteiger partial charge in [0.15, 0.2) is 5.82 Å². The highest BCUT2D eigenvalue weighted by molar-refractivity contribution is 6.31. The topological polar surface area (TPSA) is 59.8 Å². The maximum atomic E-state index is 13.4. The second kappa shape index (κ2) is 6.28. The van der Waals surface area contributed by atoms with Crippen molar-refractivity contribution in [3.8, 4) is 0 Å². The summed E-state index contributed by atoms with van der Waals surface area (Å²) >= 11 is 5.79. The summed E-state index contributed by atoms with van der Waals surface area (Å²) in [6, 6.07) is 3.76. The van der Waals surface area contributed by atoms with Crippen LogP contribution in [0.25, 0.3) is 0 Å². The van der Waals surface area contributed by atoms with Crippen LogP contribution in [0.1, 0.15) is 48.2 Å². The van der Waals surface area contributed by atoms with Crippen molar-refractivity contribution in [3.63, 3.8) is 0 Å². The third-order valence-corrected chi connectivity index (χ3v) is 4.07. The number of aromatic nitrogens is 3. The fourth-order valence-electron chi connectivity index (χ4n) is 2.64. The fourth-order valence-corrected chi connectivity index (χ4v) is 2.87. The van der Waals surface area contributed by atoms with Crippen molar-refractivity contribution < 1.29 is 9.18 Å². The molecule has 0 radical (unpaired) electrons. The van der Waals surface area contributed by atoms with Crippen molar-refractivity contribution >= 4 is 17.5 Å². The molecule has 1 atom stereocenters. The predicted molar refractivity (Wildman–Crippen MR) is 85.1 cm³/mol. The van der Waals surface area contributed by atoms with E-state index in [1.807, 2.05) is 18.5 Å². The van der Waals surface area contributed by atoms with Gasteiger partial charge in [-0.15, -0.1) is 0 Å². The molecule has 1 N–H and O–H groups in total. The van der Waals surface area contributed by atoms with Gasteiger partial charge in [0, 0.05) is 29.0 Å². The lowest BCUT2D eigenvalue weighted by Crippen LogP contribution is -2.41. The summed E-state index contributed by atoms with van der Waals surface area (Å²) in [7, 11) is 0. The van der Waals surface area contributed by atoms with Gasteiger partial charge < -0.3 is 5.32 Å². The van der Waals surface area contributed by atoms with Gasteiger partial charge >= 0.3 is 0 Å². The molecule has 122 valence electrons.